The minimum absolute atomic E-state index is 0. The molecule has 15 heavy (non-hydrogen) atoms. The molecule has 0 unspecified atom stereocenters. The zero-order valence-electron chi connectivity index (χ0n) is 8.69. The average molecular weight is 249 g/mol. The summed E-state index contributed by atoms with van der Waals surface area (Å²) >= 11 is 0. The molecule has 0 aliphatic carbocycles. The summed E-state index contributed by atoms with van der Waals surface area (Å²) in [5.41, 5.74) is 1.43. The van der Waals surface area contributed by atoms with Crippen molar-refractivity contribution in [2.24, 2.45) is 5.92 Å². The second-order valence-corrected chi connectivity index (χ2v) is 3.75. The SMILES string of the molecule is Cl.Cl.c1cc(CC2CCNCC2)ccn1. The Morgan fingerprint density at radius 1 is 1.13 bits per heavy atom. The molecule has 2 rings (SSSR count). The van der Waals surface area contributed by atoms with Gasteiger partial charge in [-0.3, -0.25) is 4.98 Å². The molecule has 0 amide bonds. The number of aromatic nitrogens is 1. The van der Waals surface area contributed by atoms with Crippen LogP contribution < -0.4 is 5.32 Å². The van der Waals surface area contributed by atoms with Crippen LogP contribution in [0.2, 0.25) is 0 Å². The highest BCUT2D eigenvalue weighted by molar-refractivity contribution is 5.85. The van der Waals surface area contributed by atoms with Crippen LogP contribution in [-0.2, 0) is 6.42 Å². The van der Waals surface area contributed by atoms with E-state index < -0.39 is 0 Å². The maximum Gasteiger partial charge on any atom is 0.0270 e. The van der Waals surface area contributed by atoms with Crippen LogP contribution in [0, 0.1) is 5.92 Å². The number of piperidine rings is 1. The zero-order chi connectivity index (χ0) is 8.93. The van der Waals surface area contributed by atoms with Crippen molar-refractivity contribution >= 4 is 24.8 Å². The normalized spacial score (nSPS) is 16.3. The van der Waals surface area contributed by atoms with E-state index in [-0.39, 0.29) is 24.8 Å². The highest BCUT2D eigenvalue weighted by Gasteiger charge is 2.12. The van der Waals surface area contributed by atoms with E-state index in [2.05, 4.69) is 22.4 Å². The van der Waals surface area contributed by atoms with Gasteiger partial charge in [0.05, 0.1) is 0 Å². The van der Waals surface area contributed by atoms with Crippen LogP contribution in [0.4, 0.5) is 0 Å². The van der Waals surface area contributed by atoms with Crippen molar-refractivity contribution in [1.29, 1.82) is 0 Å². The first-order valence-electron chi connectivity index (χ1n) is 5.05. The summed E-state index contributed by atoms with van der Waals surface area (Å²) in [5, 5.41) is 3.39. The van der Waals surface area contributed by atoms with E-state index in [0.29, 0.717) is 0 Å². The van der Waals surface area contributed by atoms with Gasteiger partial charge in [-0.2, -0.15) is 0 Å². The van der Waals surface area contributed by atoms with Crippen molar-refractivity contribution in [3.63, 3.8) is 0 Å². The summed E-state index contributed by atoms with van der Waals surface area (Å²) in [7, 11) is 0. The molecular formula is C11H18Cl2N2. The van der Waals surface area contributed by atoms with Gasteiger partial charge in [-0.05, 0) is 56.0 Å². The maximum atomic E-state index is 4.03. The minimum atomic E-state index is 0. The third-order valence-corrected chi connectivity index (χ3v) is 2.73. The Balaban J connectivity index is 0.000000980. The monoisotopic (exact) mass is 248 g/mol. The van der Waals surface area contributed by atoms with Gasteiger partial charge >= 0.3 is 0 Å². The van der Waals surface area contributed by atoms with Crippen LogP contribution in [0.5, 0.6) is 0 Å². The van der Waals surface area contributed by atoms with Crippen LogP contribution in [-0.4, -0.2) is 18.1 Å². The summed E-state index contributed by atoms with van der Waals surface area (Å²) in [6, 6.07) is 4.25. The first kappa shape index (κ1) is 14.7. The van der Waals surface area contributed by atoms with Crippen LogP contribution in [0.1, 0.15) is 18.4 Å². The Bertz CT molecular complexity index is 248. The molecule has 0 saturated carbocycles. The molecular weight excluding hydrogens is 231 g/mol. The summed E-state index contributed by atoms with van der Waals surface area (Å²) in [6.07, 6.45) is 7.64. The fourth-order valence-electron chi connectivity index (χ4n) is 1.94. The van der Waals surface area contributed by atoms with Gasteiger partial charge in [-0.1, -0.05) is 0 Å². The van der Waals surface area contributed by atoms with E-state index in [4.69, 9.17) is 0 Å². The van der Waals surface area contributed by atoms with Gasteiger partial charge in [0.25, 0.3) is 0 Å². The Labute approximate surface area is 104 Å². The van der Waals surface area contributed by atoms with Gasteiger partial charge in [-0.25, -0.2) is 0 Å². The largest absolute Gasteiger partial charge is 0.317 e. The van der Waals surface area contributed by atoms with E-state index >= 15 is 0 Å². The number of rotatable bonds is 2. The van der Waals surface area contributed by atoms with Gasteiger partial charge in [0.2, 0.25) is 0 Å². The lowest BCUT2D eigenvalue weighted by Crippen LogP contribution is -2.28. The number of halogens is 2. The van der Waals surface area contributed by atoms with Gasteiger partial charge < -0.3 is 5.32 Å². The second kappa shape index (κ2) is 7.91. The number of nitrogens with zero attached hydrogens (tertiary/aromatic N) is 1. The lowest BCUT2D eigenvalue weighted by atomic mass is 9.91. The van der Waals surface area contributed by atoms with Crippen molar-refractivity contribution in [3.05, 3.63) is 30.1 Å². The molecule has 0 spiro atoms. The summed E-state index contributed by atoms with van der Waals surface area (Å²) < 4.78 is 0. The molecule has 2 nitrogen and oxygen atoms in total. The molecule has 1 fully saturated rings. The first-order valence-corrected chi connectivity index (χ1v) is 5.05. The first-order chi connectivity index (χ1) is 6.45. The zero-order valence-corrected chi connectivity index (χ0v) is 10.3. The van der Waals surface area contributed by atoms with Crippen molar-refractivity contribution in [2.75, 3.05) is 13.1 Å². The second-order valence-electron chi connectivity index (χ2n) is 3.75. The van der Waals surface area contributed by atoms with Crippen molar-refractivity contribution in [2.45, 2.75) is 19.3 Å². The van der Waals surface area contributed by atoms with Gasteiger partial charge in [0.1, 0.15) is 0 Å². The third kappa shape index (κ3) is 4.83. The van der Waals surface area contributed by atoms with E-state index in [0.717, 1.165) is 5.92 Å². The van der Waals surface area contributed by atoms with Gasteiger partial charge in [0.15, 0.2) is 0 Å². The van der Waals surface area contributed by atoms with Crippen LogP contribution in [0.15, 0.2) is 24.5 Å². The predicted octanol–water partition coefficient (Wildman–Crippen LogP) is 2.47. The molecule has 1 saturated heterocycles. The molecule has 0 atom stereocenters. The molecule has 86 valence electrons. The minimum Gasteiger partial charge on any atom is -0.317 e. The number of pyridine rings is 1. The summed E-state index contributed by atoms with van der Waals surface area (Å²) in [5.74, 6) is 0.878. The Morgan fingerprint density at radius 2 is 1.73 bits per heavy atom. The molecule has 4 heteroatoms. The Morgan fingerprint density at radius 3 is 2.33 bits per heavy atom. The Hall–Kier alpha value is -0.310. The highest BCUT2D eigenvalue weighted by atomic mass is 35.5. The number of nitrogens with one attached hydrogen (secondary N) is 1. The van der Waals surface area contributed by atoms with E-state index in [1.54, 1.807) is 0 Å². The van der Waals surface area contributed by atoms with E-state index in [1.165, 1.54) is 37.9 Å². The molecule has 0 radical (unpaired) electrons. The number of hydrogen-bond acceptors (Lipinski definition) is 2. The van der Waals surface area contributed by atoms with Crippen LogP contribution in [0.25, 0.3) is 0 Å². The molecule has 1 aromatic heterocycles. The van der Waals surface area contributed by atoms with Gasteiger partial charge in [-0.15, -0.1) is 24.8 Å². The van der Waals surface area contributed by atoms with E-state index in [9.17, 15) is 0 Å². The standard InChI is InChI=1S/C11H16N2.2ClH/c1-5-12-6-2-10(1)9-11-3-7-13-8-4-11;;/h1-2,5-6,11,13H,3-4,7-9H2;2*1H. The predicted molar refractivity (Wildman–Crippen MR) is 68.0 cm³/mol. The lowest BCUT2D eigenvalue weighted by Gasteiger charge is -2.22. The molecule has 1 aromatic rings. The quantitative estimate of drug-likeness (QED) is 0.870. The average Bonchev–Trinajstić information content (AvgIpc) is 2.21. The van der Waals surface area contributed by atoms with Crippen molar-refractivity contribution in [3.8, 4) is 0 Å². The molecule has 0 aromatic carbocycles. The molecule has 0 bridgehead atoms. The smallest absolute Gasteiger partial charge is 0.0270 e. The summed E-state index contributed by atoms with van der Waals surface area (Å²) in [6.45, 7) is 2.38. The van der Waals surface area contributed by atoms with Crippen LogP contribution in [0.3, 0.4) is 0 Å². The fraction of sp³-hybridized carbons (Fsp3) is 0.545. The lowest BCUT2D eigenvalue weighted by molar-refractivity contribution is 0.372. The molecule has 1 aliphatic heterocycles. The molecule has 2 heterocycles. The highest BCUT2D eigenvalue weighted by Crippen LogP contribution is 2.16. The Kier molecular flexibility index (Phi) is 7.75. The maximum absolute atomic E-state index is 4.03. The third-order valence-electron chi connectivity index (χ3n) is 2.73. The van der Waals surface area contributed by atoms with Gasteiger partial charge in [0, 0.05) is 12.4 Å². The molecule has 1 aliphatic rings. The van der Waals surface area contributed by atoms with Crippen LogP contribution >= 0.6 is 24.8 Å². The number of hydrogen-bond donors (Lipinski definition) is 1. The van der Waals surface area contributed by atoms with Crippen molar-refractivity contribution < 1.29 is 0 Å². The summed E-state index contributed by atoms with van der Waals surface area (Å²) in [4.78, 5) is 4.03. The molecule has 1 N–H and O–H groups in total. The van der Waals surface area contributed by atoms with E-state index in [1.807, 2.05) is 12.4 Å². The fourth-order valence-corrected chi connectivity index (χ4v) is 1.94. The van der Waals surface area contributed by atoms with Crippen molar-refractivity contribution in [1.82, 2.24) is 10.3 Å². The topological polar surface area (TPSA) is 24.9 Å².